The molecule has 4 nitrogen and oxygen atoms in total. The van der Waals surface area contributed by atoms with E-state index in [-0.39, 0.29) is 11.8 Å². The number of ether oxygens (including phenoxy) is 1. The predicted octanol–water partition coefficient (Wildman–Crippen LogP) is 2.27. The van der Waals surface area contributed by atoms with Crippen LogP contribution in [0, 0.1) is 11.6 Å². The second-order valence-electron chi connectivity index (χ2n) is 4.09. The van der Waals surface area contributed by atoms with Crippen molar-refractivity contribution in [2.24, 2.45) is 0 Å². The normalized spacial score (nSPS) is 18.7. The summed E-state index contributed by atoms with van der Waals surface area (Å²) < 4.78 is 31.4. The summed E-state index contributed by atoms with van der Waals surface area (Å²) in [6, 6.07) is 2.31. The van der Waals surface area contributed by atoms with E-state index in [1.807, 2.05) is 0 Å². The Bertz CT molecular complexity index is 434. The fourth-order valence-corrected chi connectivity index (χ4v) is 1.77. The summed E-state index contributed by atoms with van der Waals surface area (Å²) in [5.74, 6) is -1.28. The van der Waals surface area contributed by atoms with Gasteiger partial charge in [0.25, 0.3) is 0 Å². The molecular weight excluding hydrogens is 242 g/mol. The Morgan fingerprint density at radius 3 is 3.00 bits per heavy atom. The predicted molar refractivity (Wildman–Crippen MR) is 62.4 cm³/mol. The fourth-order valence-electron chi connectivity index (χ4n) is 1.77. The Hall–Kier alpha value is -1.69. The molecule has 1 atom stereocenters. The number of carbonyl (C=O) groups excluding carboxylic acids is 1. The molecule has 1 aromatic rings. The van der Waals surface area contributed by atoms with Crippen LogP contribution in [0.15, 0.2) is 18.2 Å². The average molecular weight is 256 g/mol. The van der Waals surface area contributed by atoms with Crippen molar-refractivity contribution in [3.8, 4) is 0 Å². The van der Waals surface area contributed by atoms with E-state index in [1.165, 1.54) is 0 Å². The summed E-state index contributed by atoms with van der Waals surface area (Å²) in [5.41, 5.74) is -0.181. The molecule has 2 rings (SSSR count). The number of anilines is 1. The van der Waals surface area contributed by atoms with Gasteiger partial charge in [0.05, 0.1) is 11.8 Å². The maximum Gasteiger partial charge on any atom is 0.319 e. The van der Waals surface area contributed by atoms with Gasteiger partial charge >= 0.3 is 6.03 Å². The number of amides is 2. The SMILES string of the molecule is O=C(NCC1CCCO1)Nc1cc(F)ccc1F. The van der Waals surface area contributed by atoms with Crippen molar-refractivity contribution >= 4 is 11.7 Å². The van der Waals surface area contributed by atoms with Crippen molar-refractivity contribution in [3.05, 3.63) is 29.8 Å². The van der Waals surface area contributed by atoms with Gasteiger partial charge in [-0.2, -0.15) is 0 Å². The maximum absolute atomic E-state index is 13.2. The van der Waals surface area contributed by atoms with Gasteiger partial charge in [0.2, 0.25) is 0 Å². The van der Waals surface area contributed by atoms with Crippen LogP contribution in [0.4, 0.5) is 19.3 Å². The highest BCUT2D eigenvalue weighted by atomic mass is 19.1. The molecule has 0 spiro atoms. The van der Waals surface area contributed by atoms with Crippen LogP contribution < -0.4 is 10.6 Å². The van der Waals surface area contributed by atoms with E-state index in [9.17, 15) is 13.6 Å². The molecule has 0 bridgehead atoms. The third-order valence-electron chi connectivity index (χ3n) is 2.69. The van der Waals surface area contributed by atoms with Crippen molar-refractivity contribution in [1.82, 2.24) is 5.32 Å². The van der Waals surface area contributed by atoms with Crippen molar-refractivity contribution < 1.29 is 18.3 Å². The lowest BCUT2D eigenvalue weighted by atomic mass is 10.2. The van der Waals surface area contributed by atoms with Crippen LogP contribution in [0.2, 0.25) is 0 Å². The lowest BCUT2D eigenvalue weighted by molar-refractivity contribution is 0.112. The van der Waals surface area contributed by atoms with Crippen LogP contribution >= 0.6 is 0 Å². The zero-order valence-electron chi connectivity index (χ0n) is 9.71. The van der Waals surface area contributed by atoms with E-state index >= 15 is 0 Å². The van der Waals surface area contributed by atoms with Crippen LogP contribution in [-0.2, 0) is 4.74 Å². The van der Waals surface area contributed by atoms with Crippen LogP contribution in [0.3, 0.4) is 0 Å². The molecule has 1 heterocycles. The molecule has 2 amide bonds. The minimum absolute atomic E-state index is 0.00751. The molecule has 0 saturated carbocycles. The van der Waals surface area contributed by atoms with Gasteiger partial charge in [0.15, 0.2) is 0 Å². The molecule has 1 unspecified atom stereocenters. The molecule has 0 aliphatic carbocycles. The van der Waals surface area contributed by atoms with E-state index in [0.29, 0.717) is 13.2 Å². The van der Waals surface area contributed by atoms with Crippen molar-refractivity contribution in [1.29, 1.82) is 0 Å². The van der Waals surface area contributed by atoms with Crippen LogP contribution in [0.25, 0.3) is 0 Å². The molecule has 18 heavy (non-hydrogen) atoms. The minimum atomic E-state index is -0.677. The Morgan fingerprint density at radius 2 is 2.28 bits per heavy atom. The van der Waals surface area contributed by atoms with E-state index in [4.69, 9.17) is 4.74 Å². The molecule has 1 fully saturated rings. The number of halogens is 2. The lowest BCUT2D eigenvalue weighted by Crippen LogP contribution is -2.35. The number of benzene rings is 1. The van der Waals surface area contributed by atoms with Crippen molar-refractivity contribution in [3.63, 3.8) is 0 Å². The first kappa shape index (κ1) is 12.8. The van der Waals surface area contributed by atoms with Gasteiger partial charge in [-0.3, -0.25) is 0 Å². The second kappa shape index (κ2) is 5.77. The number of hydrogen-bond donors (Lipinski definition) is 2. The third-order valence-corrected chi connectivity index (χ3v) is 2.69. The highest BCUT2D eigenvalue weighted by Crippen LogP contribution is 2.15. The maximum atomic E-state index is 13.2. The fraction of sp³-hybridized carbons (Fsp3) is 0.417. The molecule has 0 aromatic heterocycles. The topological polar surface area (TPSA) is 50.4 Å². The number of nitrogens with one attached hydrogen (secondary N) is 2. The first-order valence-electron chi connectivity index (χ1n) is 5.76. The molecular formula is C12H14F2N2O2. The second-order valence-corrected chi connectivity index (χ2v) is 4.09. The highest BCUT2D eigenvalue weighted by molar-refractivity contribution is 5.89. The largest absolute Gasteiger partial charge is 0.376 e. The molecule has 1 aliphatic heterocycles. The summed E-state index contributed by atoms with van der Waals surface area (Å²) >= 11 is 0. The number of hydrogen-bond acceptors (Lipinski definition) is 2. The van der Waals surface area contributed by atoms with Gasteiger partial charge in [-0.15, -0.1) is 0 Å². The first-order valence-corrected chi connectivity index (χ1v) is 5.76. The Morgan fingerprint density at radius 1 is 1.44 bits per heavy atom. The molecule has 2 N–H and O–H groups in total. The number of urea groups is 1. The van der Waals surface area contributed by atoms with Gasteiger partial charge in [-0.05, 0) is 25.0 Å². The molecule has 0 radical (unpaired) electrons. The molecule has 1 saturated heterocycles. The summed E-state index contributed by atoms with van der Waals surface area (Å²) in [6.45, 7) is 1.06. The summed E-state index contributed by atoms with van der Waals surface area (Å²) in [7, 11) is 0. The van der Waals surface area contributed by atoms with Crippen LogP contribution in [0.1, 0.15) is 12.8 Å². The van der Waals surface area contributed by atoms with Crippen LogP contribution in [0.5, 0.6) is 0 Å². The zero-order valence-corrected chi connectivity index (χ0v) is 9.71. The van der Waals surface area contributed by atoms with E-state index in [1.54, 1.807) is 0 Å². The molecule has 1 aliphatic rings. The lowest BCUT2D eigenvalue weighted by Gasteiger charge is -2.12. The van der Waals surface area contributed by atoms with E-state index in [2.05, 4.69) is 10.6 Å². The number of carbonyl (C=O) groups is 1. The standard InChI is InChI=1S/C12H14F2N2O2/c13-8-3-4-10(14)11(6-8)16-12(17)15-7-9-2-1-5-18-9/h3-4,6,9H,1-2,5,7H2,(H2,15,16,17). The van der Waals surface area contributed by atoms with Gasteiger partial charge < -0.3 is 15.4 Å². The Balaban J connectivity index is 1.84. The smallest absolute Gasteiger partial charge is 0.319 e. The Labute approximate surface area is 103 Å². The van der Waals surface area contributed by atoms with Crippen LogP contribution in [-0.4, -0.2) is 25.3 Å². The molecule has 98 valence electrons. The first-order chi connectivity index (χ1) is 8.65. The summed E-state index contributed by atoms with van der Waals surface area (Å²) in [4.78, 5) is 11.5. The summed E-state index contributed by atoms with van der Waals surface area (Å²) in [5, 5.41) is 4.81. The number of rotatable bonds is 3. The summed E-state index contributed by atoms with van der Waals surface area (Å²) in [6.07, 6.45) is 1.88. The van der Waals surface area contributed by atoms with Gasteiger partial charge in [-0.25, -0.2) is 13.6 Å². The van der Waals surface area contributed by atoms with E-state index in [0.717, 1.165) is 31.0 Å². The minimum Gasteiger partial charge on any atom is -0.376 e. The molecule has 6 heteroatoms. The highest BCUT2D eigenvalue weighted by Gasteiger charge is 2.16. The average Bonchev–Trinajstić information content (AvgIpc) is 2.84. The zero-order chi connectivity index (χ0) is 13.0. The monoisotopic (exact) mass is 256 g/mol. The Kier molecular flexibility index (Phi) is 4.09. The van der Waals surface area contributed by atoms with Gasteiger partial charge in [-0.1, -0.05) is 0 Å². The quantitative estimate of drug-likeness (QED) is 0.871. The van der Waals surface area contributed by atoms with Gasteiger partial charge in [0.1, 0.15) is 11.6 Å². The third kappa shape index (κ3) is 3.40. The van der Waals surface area contributed by atoms with Crippen molar-refractivity contribution in [2.75, 3.05) is 18.5 Å². The molecule has 1 aromatic carbocycles. The van der Waals surface area contributed by atoms with Gasteiger partial charge in [0, 0.05) is 19.2 Å². The van der Waals surface area contributed by atoms with E-state index < -0.39 is 17.7 Å². The van der Waals surface area contributed by atoms with Crippen molar-refractivity contribution in [2.45, 2.75) is 18.9 Å².